The molecule has 1 unspecified atom stereocenters. The van der Waals surface area contributed by atoms with Crippen LogP contribution in [0.2, 0.25) is 0 Å². The van der Waals surface area contributed by atoms with Gasteiger partial charge in [0.05, 0.1) is 0 Å². The van der Waals surface area contributed by atoms with Crippen molar-refractivity contribution in [2.75, 3.05) is 0 Å². The number of H-pyrrole nitrogens is 1. The lowest BCUT2D eigenvalue weighted by Crippen LogP contribution is -2.41. The zero-order chi connectivity index (χ0) is 15.9. The van der Waals surface area contributed by atoms with Gasteiger partial charge in [0.2, 0.25) is 0 Å². The number of fused-ring (bicyclic) bond motifs is 1. The molecule has 1 aromatic heterocycles. The molecular weight excluding hydrogens is 284 g/mol. The number of hydrogen-bond donors (Lipinski definition) is 3. The number of carbonyl (C=O) groups is 3. The summed E-state index contributed by atoms with van der Waals surface area (Å²) in [5.74, 6) is -0.985. The van der Waals surface area contributed by atoms with Gasteiger partial charge in [0, 0.05) is 17.7 Å². The van der Waals surface area contributed by atoms with Gasteiger partial charge in [0.1, 0.15) is 11.7 Å². The molecule has 22 heavy (non-hydrogen) atoms. The number of nitrogens with one attached hydrogen (secondary N) is 2. The van der Waals surface area contributed by atoms with E-state index in [0.29, 0.717) is 35.6 Å². The van der Waals surface area contributed by atoms with Crippen molar-refractivity contribution in [2.24, 2.45) is 5.92 Å². The second kappa shape index (κ2) is 5.59. The Hall–Kier alpha value is -2.11. The lowest BCUT2D eigenvalue weighted by molar-refractivity contribution is -0.139. The summed E-state index contributed by atoms with van der Waals surface area (Å²) in [6.07, 6.45) is 4.57. The van der Waals surface area contributed by atoms with Crippen LogP contribution in [0.4, 0.5) is 0 Å². The van der Waals surface area contributed by atoms with Gasteiger partial charge in [0.15, 0.2) is 5.78 Å². The molecule has 3 rings (SSSR count). The summed E-state index contributed by atoms with van der Waals surface area (Å²) in [7, 11) is 0. The molecule has 1 aromatic rings. The van der Waals surface area contributed by atoms with E-state index < -0.39 is 17.9 Å². The Bertz CT molecular complexity index is 643. The Kier molecular flexibility index (Phi) is 3.76. The van der Waals surface area contributed by atoms with Gasteiger partial charge in [-0.3, -0.25) is 9.59 Å². The smallest absolute Gasteiger partial charge is 0.326 e. The zero-order valence-electron chi connectivity index (χ0n) is 12.6. The van der Waals surface area contributed by atoms with Crippen molar-refractivity contribution in [1.29, 1.82) is 0 Å². The SMILES string of the molecule is Cc1c(C(=O)NC(CC2CC2)C(=O)O)[nH]c2c1C(=O)CCC2. The number of carboxylic acid groups (broad SMARTS) is 1. The van der Waals surface area contributed by atoms with Crippen LogP contribution in [0.5, 0.6) is 0 Å². The third-order valence-corrected chi connectivity index (χ3v) is 4.53. The third kappa shape index (κ3) is 2.77. The number of aromatic amines is 1. The van der Waals surface area contributed by atoms with Crippen molar-refractivity contribution in [3.8, 4) is 0 Å². The summed E-state index contributed by atoms with van der Waals surface area (Å²) in [5, 5.41) is 11.8. The minimum absolute atomic E-state index is 0.0572. The lowest BCUT2D eigenvalue weighted by Gasteiger charge is -2.13. The fraction of sp³-hybridized carbons (Fsp3) is 0.562. The van der Waals surface area contributed by atoms with Crippen LogP contribution < -0.4 is 5.32 Å². The molecule has 0 aromatic carbocycles. The summed E-state index contributed by atoms with van der Waals surface area (Å²) >= 11 is 0. The normalized spacial score (nSPS) is 18.7. The number of rotatable bonds is 5. The van der Waals surface area contributed by atoms with Gasteiger partial charge in [0.25, 0.3) is 5.91 Å². The topological polar surface area (TPSA) is 99.3 Å². The van der Waals surface area contributed by atoms with E-state index in [0.717, 1.165) is 31.4 Å². The molecule has 118 valence electrons. The molecule has 2 aliphatic carbocycles. The van der Waals surface area contributed by atoms with Crippen LogP contribution in [-0.2, 0) is 11.2 Å². The third-order valence-electron chi connectivity index (χ3n) is 4.53. The van der Waals surface area contributed by atoms with E-state index in [-0.39, 0.29) is 5.78 Å². The van der Waals surface area contributed by atoms with Crippen LogP contribution in [0, 0.1) is 12.8 Å². The summed E-state index contributed by atoms with van der Waals surface area (Å²) in [6.45, 7) is 1.74. The quantitative estimate of drug-likeness (QED) is 0.772. The first-order chi connectivity index (χ1) is 10.5. The molecule has 3 N–H and O–H groups in total. The summed E-state index contributed by atoms with van der Waals surface area (Å²) < 4.78 is 0. The molecular formula is C16H20N2O4. The highest BCUT2D eigenvalue weighted by molar-refractivity contribution is 6.04. The molecule has 6 heteroatoms. The van der Waals surface area contributed by atoms with E-state index in [1.54, 1.807) is 6.92 Å². The predicted octanol–water partition coefficient (Wildman–Crippen LogP) is 1.83. The number of aromatic nitrogens is 1. The molecule has 1 saturated carbocycles. The van der Waals surface area contributed by atoms with Gasteiger partial charge >= 0.3 is 5.97 Å². The van der Waals surface area contributed by atoms with E-state index in [2.05, 4.69) is 10.3 Å². The van der Waals surface area contributed by atoms with Crippen molar-refractivity contribution >= 4 is 17.7 Å². The number of carboxylic acids is 1. The zero-order valence-corrected chi connectivity index (χ0v) is 12.6. The summed E-state index contributed by atoms with van der Waals surface area (Å²) in [6, 6.07) is -0.865. The highest BCUT2D eigenvalue weighted by Gasteiger charge is 2.32. The summed E-state index contributed by atoms with van der Waals surface area (Å²) in [5.41, 5.74) is 2.37. The number of Topliss-reactive ketones (excluding diaryl/α,β-unsaturated/α-hetero) is 1. The molecule has 0 aliphatic heterocycles. The first-order valence-corrected chi connectivity index (χ1v) is 7.75. The largest absolute Gasteiger partial charge is 0.480 e. The fourth-order valence-electron chi connectivity index (χ4n) is 3.14. The lowest BCUT2D eigenvalue weighted by atomic mass is 9.94. The number of aliphatic carboxylic acids is 1. The number of aryl methyl sites for hydroxylation is 1. The van der Waals surface area contributed by atoms with Gasteiger partial charge in [-0.25, -0.2) is 4.79 Å². The van der Waals surface area contributed by atoms with Crippen LogP contribution in [0.15, 0.2) is 0 Å². The average Bonchev–Trinajstić information content (AvgIpc) is 3.21. The maximum absolute atomic E-state index is 12.4. The average molecular weight is 304 g/mol. The van der Waals surface area contributed by atoms with Gasteiger partial charge < -0.3 is 15.4 Å². The Morgan fingerprint density at radius 2 is 2.09 bits per heavy atom. The molecule has 0 saturated heterocycles. The van der Waals surface area contributed by atoms with Crippen molar-refractivity contribution in [2.45, 2.75) is 51.5 Å². The Balaban J connectivity index is 1.79. The second-order valence-corrected chi connectivity index (χ2v) is 6.30. The van der Waals surface area contributed by atoms with Crippen LogP contribution >= 0.6 is 0 Å². The maximum atomic E-state index is 12.4. The van der Waals surface area contributed by atoms with Gasteiger partial charge in [-0.1, -0.05) is 12.8 Å². The minimum atomic E-state index is -1.01. The fourth-order valence-corrected chi connectivity index (χ4v) is 3.14. The standard InChI is InChI=1S/C16H20N2O4/c1-8-13-10(3-2-4-12(13)19)17-14(8)15(20)18-11(16(21)22)7-9-5-6-9/h9,11,17H,2-7H2,1H3,(H,18,20)(H,21,22). The van der Waals surface area contributed by atoms with Gasteiger partial charge in [-0.2, -0.15) is 0 Å². The Morgan fingerprint density at radius 3 is 2.68 bits per heavy atom. The highest BCUT2D eigenvalue weighted by Crippen LogP contribution is 2.33. The Morgan fingerprint density at radius 1 is 1.36 bits per heavy atom. The van der Waals surface area contributed by atoms with E-state index in [4.69, 9.17) is 0 Å². The van der Waals surface area contributed by atoms with Gasteiger partial charge in [-0.05, 0) is 37.7 Å². The molecule has 2 aliphatic rings. The van der Waals surface area contributed by atoms with Crippen molar-refractivity contribution < 1.29 is 19.5 Å². The first-order valence-electron chi connectivity index (χ1n) is 7.75. The monoisotopic (exact) mass is 304 g/mol. The molecule has 6 nitrogen and oxygen atoms in total. The number of carbonyl (C=O) groups excluding carboxylic acids is 2. The number of ketones is 1. The van der Waals surface area contributed by atoms with E-state index >= 15 is 0 Å². The van der Waals surface area contributed by atoms with Crippen molar-refractivity contribution in [3.63, 3.8) is 0 Å². The van der Waals surface area contributed by atoms with E-state index in [9.17, 15) is 19.5 Å². The molecule has 0 bridgehead atoms. The minimum Gasteiger partial charge on any atom is -0.480 e. The molecule has 1 amide bonds. The molecule has 0 radical (unpaired) electrons. The molecule has 1 fully saturated rings. The van der Waals surface area contributed by atoms with Crippen molar-refractivity contribution in [1.82, 2.24) is 10.3 Å². The summed E-state index contributed by atoms with van der Waals surface area (Å²) in [4.78, 5) is 38.7. The maximum Gasteiger partial charge on any atom is 0.326 e. The molecule has 1 heterocycles. The highest BCUT2D eigenvalue weighted by atomic mass is 16.4. The number of amides is 1. The van der Waals surface area contributed by atoms with Crippen molar-refractivity contribution in [3.05, 3.63) is 22.5 Å². The number of hydrogen-bond acceptors (Lipinski definition) is 3. The van der Waals surface area contributed by atoms with Crippen LogP contribution in [0.1, 0.15) is 64.2 Å². The first kappa shape index (κ1) is 14.8. The molecule has 0 spiro atoms. The van der Waals surface area contributed by atoms with E-state index in [1.165, 1.54) is 0 Å². The van der Waals surface area contributed by atoms with Crippen LogP contribution in [0.25, 0.3) is 0 Å². The predicted molar refractivity (Wildman–Crippen MR) is 79.0 cm³/mol. The molecule has 1 atom stereocenters. The Labute approximate surface area is 128 Å². The second-order valence-electron chi connectivity index (χ2n) is 6.30. The van der Waals surface area contributed by atoms with Crippen LogP contribution in [-0.4, -0.2) is 33.8 Å². The van der Waals surface area contributed by atoms with E-state index in [1.807, 2.05) is 0 Å². The van der Waals surface area contributed by atoms with Crippen LogP contribution in [0.3, 0.4) is 0 Å². The van der Waals surface area contributed by atoms with Gasteiger partial charge in [-0.15, -0.1) is 0 Å².